The van der Waals surface area contributed by atoms with Crippen molar-refractivity contribution in [1.82, 2.24) is 25.5 Å². The third-order valence-corrected chi connectivity index (χ3v) is 8.88. The molecule has 0 aliphatic rings. The lowest BCUT2D eigenvalue weighted by atomic mass is 9.97. The molecule has 1 aromatic heterocycles. The SMILES string of the molecule is CCC=CCC=CCC=CCC=CCC=CCC=CCC(=O)OCCOC(=O)[C@H](C(C)C)N(Cc1ccc(-c2ccccc2-c2nn[nH]n2)cc1)C(=O)CCCC. The molecule has 10 nitrogen and oxygen atoms in total. The number of aromatic nitrogens is 4. The molecule has 0 saturated heterocycles. The second-order valence-corrected chi connectivity index (χ2v) is 13.8. The molecule has 0 radical (unpaired) electrons. The molecule has 57 heavy (non-hydrogen) atoms. The monoisotopic (exact) mass is 775 g/mol. The zero-order chi connectivity index (χ0) is 40.9. The lowest BCUT2D eigenvalue weighted by molar-refractivity contribution is -0.161. The van der Waals surface area contributed by atoms with Crippen LogP contribution in [0.25, 0.3) is 22.5 Å². The van der Waals surface area contributed by atoms with Crippen molar-refractivity contribution in [2.45, 2.75) is 104 Å². The zero-order valence-corrected chi connectivity index (χ0v) is 34.2. The number of carbonyl (C=O) groups excluding carboxylic acids is 3. The fourth-order valence-corrected chi connectivity index (χ4v) is 5.91. The number of allylic oxidation sites excluding steroid dienone is 11. The summed E-state index contributed by atoms with van der Waals surface area (Å²) in [4.78, 5) is 40.9. The number of H-pyrrole nitrogens is 1. The smallest absolute Gasteiger partial charge is 0.329 e. The van der Waals surface area contributed by atoms with Crippen molar-refractivity contribution in [3.63, 3.8) is 0 Å². The van der Waals surface area contributed by atoms with Gasteiger partial charge in [0.1, 0.15) is 19.3 Å². The summed E-state index contributed by atoms with van der Waals surface area (Å²) in [6.07, 6.45) is 32.9. The summed E-state index contributed by atoms with van der Waals surface area (Å²) in [5, 5.41) is 14.5. The highest BCUT2D eigenvalue weighted by molar-refractivity contribution is 5.85. The summed E-state index contributed by atoms with van der Waals surface area (Å²) >= 11 is 0. The number of nitrogens with one attached hydrogen (secondary N) is 1. The van der Waals surface area contributed by atoms with E-state index >= 15 is 0 Å². The van der Waals surface area contributed by atoms with Crippen LogP contribution in [0.5, 0.6) is 0 Å². The van der Waals surface area contributed by atoms with Gasteiger partial charge in [0.25, 0.3) is 0 Å². The second-order valence-electron chi connectivity index (χ2n) is 13.8. The van der Waals surface area contributed by atoms with E-state index in [9.17, 15) is 14.4 Å². The fraction of sp³-hybridized carbons (Fsp3) is 0.404. The number of tetrazole rings is 1. The summed E-state index contributed by atoms with van der Waals surface area (Å²) in [5.74, 6) is -0.735. The standard InChI is InChI=1S/C47H61N5O5/c1-5-7-9-10-11-12-13-14-15-16-17-18-19-20-21-22-23-24-30-44(54)56-35-36-57-47(55)45(38(3)4)52(43(53)29-8-6-2)37-39-31-33-40(34-32-39)41-27-25-26-28-42(41)46-48-50-51-49-46/h7,9,11-12,14-15,17-18,20-21,23-28,31-34,38,45H,5-6,8,10,13,16,19,22,29-30,35-37H2,1-4H3,(H,48,49,50,51)/t45-/m0/s1. The highest BCUT2D eigenvalue weighted by Crippen LogP contribution is 2.30. The largest absolute Gasteiger partial charge is 0.462 e. The molecule has 0 unspecified atom stereocenters. The summed E-state index contributed by atoms with van der Waals surface area (Å²) < 4.78 is 10.9. The number of hydrogen-bond donors (Lipinski definition) is 1. The molecule has 0 aliphatic heterocycles. The van der Waals surface area contributed by atoms with E-state index in [1.54, 1.807) is 11.0 Å². The first-order chi connectivity index (χ1) is 27.8. The molecule has 1 N–H and O–H groups in total. The van der Waals surface area contributed by atoms with Crippen LogP contribution < -0.4 is 0 Å². The van der Waals surface area contributed by atoms with Crippen LogP contribution in [-0.4, -0.2) is 62.6 Å². The Morgan fingerprint density at radius 3 is 1.82 bits per heavy atom. The van der Waals surface area contributed by atoms with E-state index in [1.807, 2.05) is 75.4 Å². The Bertz CT molecular complexity index is 1790. The first-order valence-electron chi connectivity index (χ1n) is 20.3. The molecule has 0 spiro atoms. The molecule has 0 fully saturated rings. The molecule has 10 heteroatoms. The van der Waals surface area contributed by atoms with Gasteiger partial charge >= 0.3 is 11.9 Å². The van der Waals surface area contributed by atoms with E-state index in [2.05, 4.69) is 88.3 Å². The van der Waals surface area contributed by atoms with E-state index in [0.29, 0.717) is 18.7 Å². The van der Waals surface area contributed by atoms with E-state index < -0.39 is 18.0 Å². The van der Waals surface area contributed by atoms with Crippen molar-refractivity contribution in [2.75, 3.05) is 13.2 Å². The first kappa shape index (κ1) is 45.7. The van der Waals surface area contributed by atoms with Crippen molar-refractivity contribution < 1.29 is 23.9 Å². The first-order valence-corrected chi connectivity index (χ1v) is 20.3. The third-order valence-electron chi connectivity index (χ3n) is 8.88. The van der Waals surface area contributed by atoms with Gasteiger partial charge in [0.2, 0.25) is 11.7 Å². The van der Waals surface area contributed by atoms with Gasteiger partial charge in [-0.15, -0.1) is 10.2 Å². The normalized spacial score (nSPS) is 12.6. The lowest BCUT2D eigenvalue weighted by Crippen LogP contribution is -2.48. The maximum atomic E-state index is 13.5. The van der Waals surface area contributed by atoms with E-state index in [-0.39, 0.29) is 38.0 Å². The summed E-state index contributed by atoms with van der Waals surface area (Å²) in [6.45, 7) is 8.06. The molecule has 1 heterocycles. The van der Waals surface area contributed by atoms with Crippen molar-refractivity contribution in [3.05, 3.63) is 127 Å². The predicted octanol–water partition coefficient (Wildman–Crippen LogP) is 10.3. The number of unbranched alkanes of at least 4 members (excludes halogenated alkanes) is 1. The van der Waals surface area contributed by atoms with Gasteiger partial charge in [-0.25, -0.2) is 4.79 Å². The minimum atomic E-state index is -0.803. The van der Waals surface area contributed by atoms with Crippen LogP contribution in [0.3, 0.4) is 0 Å². The van der Waals surface area contributed by atoms with Crippen LogP contribution >= 0.6 is 0 Å². The number of rotatable bonds is 26. The Hall–Kier alpha value is -5.64. The van der Waals surface area contributed by atoms with Gasteiger partial charge in [0.15, 0.2) is 0 Å². The van der Waals surface area contributed by atoms with Crippen LogP contribution in [0, 0.1) is 5.92 Å². The van der Waals surface area contributed by atoms with Crippen LogP contribution in [-0.2, 0) is 30.4 Å². The number of carbonyl (C=O) groups is 3. The van der Waals surface area contributed by atoms with Crippen molar-refractivity contribution in [1.29, 1.82) is 0 Å². The van der Waals surface area contributed by atoms with Gasteiger partial charge in [-0.1, -0.05) is 156 Å². The van der Waals surface area contributed by atoms with Crippen LogP contribution in [0.4, 0.5) is 0 Å². The average molecular weight is 776 g/mol. The van der Waals surface area contributed by atoms with Crippen molar-refractivity contribution in [2.24, 2.45) is 5.92 Å². The molecule has 1 atom stereocenters. The Kier molecular flexibility index (Phi) is 22.4. The minimum Gasteiger partial charge on any atom is -0.462 e. The number of hydrogen-bond acceptors (Lipinski definition) is 8. The van der Waals surface area contributed by atoms with Crippen LogP contribution in [0.1, 0.15) is 97.5 Å². The highest BCUT2D eigenvalue weighted by Gasteiger charge is 2.33. The quantitative estimate of drug-likeness (QED) is 0.0485. The molecular formula is C47H61N5O5. The maximum Gasteiger partial charge on any atom is 0.329 e. The molecular weight excluding hydrogens is 715 g/mol. The zero-order valence-electron chi connectivity index (χ0n) is 34.2. The summed E-state index contributed by atoms with van der Waals surface area (Å²) in [5.41, 5.74) is 3.63. The Labute approximate surface area is 339 Å². The number of esters is 2. The van der Waals surface area contributed by atoms with Gasteiger partial charge in [0.05, 0.1) is 6.42 Å². The highest BCUT2D eigenvalue weighted by atomic mass is 16.6. The number of nitrogens with zero attached hydrogens (tertiary/aromatic N) is 4. The van der Waals surface area contributed by atoms with Gasteiger partial charge in [-0.2, -0.15) is 5.21 Å². The minimum absolute atomic E-state index is 0.0609. The van der Waals surface area contributed by atoms with E-state index in [0.717, 1.165) is 67.2 Å². The number of ether oxygens (including phenoxy) is 2. The van der Waals surface area contributed by atoms with Gasteiger partial charge in [-0.05, 0) is 72.8 Å². The molecule has 3 rings (SSSR count). The topological polar surface area (TPSA) is 127 Å². The van der Waals surface area contributed by atoms with Gasteiger partial charge < -0.3 is 14.4 Å². The van der Waals surface area contributed by atoms with Crippen LogP contribution in [0.2, 0.25) is 0 Å². The molecule has 0 aliphatic carbocycles. The molecule has 0 bridgehead atoms. The second kappa shape index (κ2) is 27.9. The fourth-order valence-electron chi connectivity index (χ4n) is 5.91. The van der Waals surface area contributed by atoms with Gasteiger partial charge in [-0.3, -0.25) is 9.59 Å². The lowest BCUT2D eigenvalue weighted by Gasteiger charge is -2.33. The van der Waals surface area contributed by atoms with Gasteiger partial charge in [0, 0.05) is 18.5 Å². The molecule has 1 amide bonds. The Morgan fingerprint density at radius 2 is 1.28 bits per heavy atom. The maximum absolute atomic E-state index is 13.5. The summed E-state index contributed by atoms with van der Waals surface area (Å²) in [6, 6.07) is 14.9. The van der Waals surface area contributed by atoms with Crippen molar-refractivity contribution in [3.8, 4) is 22.5 Å². The Morgan fingerprint density at radius 1 is 0.719 bits per heavy atom. The number of aromatic amines is 1. The third kappa shape index (κ3) is 17.8. The molecule has 304 valence electrons. The average Bonchev–Trinajstić information content (AvgIpc) is 3.76. The molecule has 2 aromatic carbocycles. The number of amides is 1. The number of benzene rings is 2. The predicted molar refractivity (Wildman–Crippen MR) is 229 cm³/mol. The van der Waals surface area contributed by atoms with E-state index in [4.69, 9.17) is 9.47 Å². The van der Waals surface area contributed by atoms with Crippen molar-refractivity contribution >= 4 is 17.8 Å². The van der Waals surface area contributed by atoms with Crippen LogP contribution in [0.15, 0.2) is 121 Å². The van der Waals surface area contributed by atoms with E-state index in [1.165, 1.54) is 0 Å². The molecule has 0 saturated carbocycles. The Balaban J connectivity index is 1.43. The summed E-state index contributed by atoms with van der Waals surface area (Å²) in [7, 11) is 0. The molecule has 3 aromatic rings.